The van der Waals surface area contributed by atoms with Crippen LogP contribution in [0.3, 0.4) is 0 Å². The molecule has 4 rings (SSSR count). The van der Waals surface area contributed by atoms with E-state index in [-0.39, 0.29) is 5.91 Å². The Hall–Kier alpha value is -3.97. The van der Waals surface area contributed by atoms with Gasteiger partial charge in [-0.1, -0.05) is 29.8 Å². The Bertz CT molecular complexity index is 1330. The fraction of sp³-hybridized carbons (Fsp3) is 0.185. The van der Waals surface area contributed by atoms with Crippen LogP contribution in [0.15, 0.2) is 77.9 Å². The highest BCUT2D eigenvalue weighted by Gasteiger charge is 2.13. The lowest BCUT2D eigenvalue weighted by atomic mass is 10.1. The summed E-state index contributed by atoms with van der Waals surface area (Å²) in [6.45, 7) is 2.93. The molecular weight excluding hydrogens is 464 g/mol. The summed E-state index contributed by atoms with van der Waals surface area (Å²) >= 11 is 6.19. The van der Waals surface area contributed by atoms with E-state index >= 15 is 0 Å². The summed E-state index contributed by atoms with van der Waals surface area (Å²) in [5, 5.41) is 7.73. The third kappa shape index (κ3) is 6.13. The number of para-hydroxylation sites is 1. The van der Waals surface area contributed by atoms with Gasteiger partial charge < -0.3 is 19.8 Å². The van der Waals surface area contributed by atoms with Gasteiger partial charge in [0.2, 0.25) is 5.96 Å². The molecular formula is C27H27ClN4O3. The molecule has 0 aliphatic heterocycles. The molecule has 0 fully saturated rings. The summed E-state index contributed by atoms with van der Waals surface area (Å²) in [5.74, 6) is 1.28. The van der Waals surface area contributed by atoms with Crippen LogP contribution in [0.5, 0.6) is 11.5 Å². The van der Waals surface area contributed by atoms with Crippen LogP contribution in [0.25, 0.3) is 10.9 Å². The molecule has 1 amide bonds. The van der Waals surface area contributed by atoms with Crippen LogP contribution < -0.4 is 20.1 Å². The van der Waals surface area contributed by atoms with Crippen molar-refractivity contribution in [3.63, 3.8) is 0 Å². The van der Waals surface area contributed by atoms with Crippen molar-refractivity contribution in [2.75, 3.05) is 25.6 Å². The van der Waals surface area contributed by atoms with E-state index in [1.54, 1.807) is 49.6 Å². The largest absolute Gasteiger partial charge is 0.495 e. The smallest absolute Gasteiger partial charge is 0.257 e. The summed E-state index contributed by atoms with van der Waals surface area (Å²) < 4.78 is 10.9. The van der Waals surface area contributed by atoms with Gasteiger partial charge in [0.05, 0.1) is 19.4 Å². The molecule has 0 unspecified atom stereocenters. The number of carbonyl (C=O) groups is 1. The lowest BCUT2D eigenvalue weighted by molar-refractivity contribution is 0.0977. The van der Waals surface area contributed by atoms with Gasteiger partial charge >= 0.3 is 0 Å². The van der Waals surface area contributed by atoms with Crippen LogP contribution in [-0.4, -0.2) is 37.1 Å². The monoisotopic (exact) mass is 490 g/mol. The van der Waals surface area contributed by atoms with Crippen molar-refractivity contribution in [1.29, 1.82) is 0 Å². The van der Waals surface area contributed by atoms with Crippen LogP contribution in [-0.2, 0) is 6.42 Å². The van der Waals surface area contributed by atoms with Gasteiger partial charge in [0, 0.05) is 34.2 Å². The Morgan fingerprint density at radius 1 is 1.09 bits per heavy atom. The minimum absolute atomic E-state index is 0.296. The predicted octanol–water partition coefficient (Wildman–Crippen LogP) is 5.67. The number of nitrogens with zero attached hydrogens (tertiary/aromatic N) is 1. The van der Waals surface area contributed by atoms with Gasteiger partial charge in [0.15, 0.2) is 0 Å². The van der Waals surface area contributed by atoms with Crippen LogP contribution >= 0.6 is 11.6 Å². The van der Waals surface area contributed by atoms with E-state index in [2.05, 4.69) is 26.7 Å². The summed E-state index contributed by atoms with van der Waals surface area (Å²) in [5.41, 5.74) is 3.31. The fourth-order valence-electron chi connectivity index (χ4n) is 3.69. The Morgan fingerprint density at radius 2 is 1.89 bits per heavy atom. The first-order chi connectivity index (χ1) is 17.1. The number of methoxy groups -OCH3 is 1. The zero-order valence-corrected chi connectivity index (χ0v) is 20.4. The highest BCUT2D eigenvalue weighted by atomic mass is 35.5. The second kappa shape index (κ2) is 11.4. The highest BCUT2D eigenvalue weighted by molar-refractivity contribution is 6.31. The molecule has 0 aliphatic rings. The first-order valence-corrected chi connectivity index (χ1v) is 11.7. The zero-order chi connectivity index (χ0) is 24.6. The molecule has 0 atom stereocenters. The minimum atomic E-state index is -0.299. The maximum absolute atomic E-state index is 13.0. The molecule has 7 nitrogen and oxygen atoms in total. The van der Waals surface area contributed by atoms with Crippen molar-refractivity contribution in [3.8, 4) is 11.5 Å². The minimum Gasteiger partial charge on any atom is -0.495 e. The molecule has 1 aromatic heterocycles. The van der Waals surface area contributed by atoms with Gasteiger partial charge in [0.1, 0.15) is 11.5 Å². The summed E-state index contributed by atoms with van der Waals surface area (Å²) in [6.07, 6.45) is 2.69. The normalized spacial score (nSPS) is 11.3. The average molecular weight is 491 g/mol. The Morgan fingerprint density at radius 3 is 2.66 bits per heavy atom. The lowest BCUT2D eigenvalue weighted by Gasteiger charge is -2.15. The highest BCUT2D eigenvalue weighted by Crippen LogP contribution is 2.27. The number of hydrogen-bond acceptors (Lipinski definition) is 4. The number of benzene rings is 3. The Labute approximate surface area is 209 Å². The number of aromatic amines is 1. The second-order valence-corrected chi connectivity index (χ2v) is 8.16. The van der Waals surface area contributed by atoms with E-state index in [0.29, 0.717) is 53.3 Å². The summed E-state index contributed by atoms with van der Waals surface area (Å²) in [7, 11) is 1.57. The number of anilines is 1. The number of halogens is 1. The first kappa shape index (κ1) is 24.2. The maximum Gasteiger partial charge on any atom is 0.257 e. The third-order valence-corrected chi connectivity index (χ3v) is 5.64. The number of ether oxygens (including phenoxy) is 2. The number of aliphatic imine (C=N–C) groups is 1. The van der Waals surface area contributed by atoms with Crippen LogP contribution in [0.4, 0.5) is 5.69 Å². The van der Waals surface area contributed by atoms with Gasteiger partial charge in [-0.15, -0.1) is 0 Å². The number of hydrogen-bond donors (Lipinski definition) is 3. The fourth-order valence-corrected chi connectivity index (χ4v) is 3.86. The number of nitrogens with one attached hydrogen (secondary N) is 3. The van der Waals surface area contributed by atoms with Crippen LogP contribution in [0, 0.1) is 0 Å². The topological polar surface area (TPSA) is 87.7 Å². The van der Waals surface area contributed by atoms with Crippen molar-refractivity contribution < 1.29 is 14.3 Å². The SMILES string of the molecule is CCOc1ccc(C(=O)NC(=NCCc2c[nH]c3ccccc23)Nc2cc(Cl)ccc2OC)cc1. The molecule has 35 heavy (non-hydrogen) atoms. The molecule has 4 aromatic rings. The molecule has 1 heterocycles. The van der Waals surface area contributed by atoms with E-state index in [1.165, 1.54) is 0 Å². The average Bonchev–Trinajstić information content (AvgIpc) is 3.28. The van der Waals surface area contributed by atoms with Gasteiger partial charge in [-0.2, -0.15) is 0 Å². The third-order valence-electron chi connectivity index (χ3n) is 5.40. The molecule has 0 aliphatic carbocycles. The predicted molar refractivity (Wildman–Crippen MR) is 141 cm³/mol. The molecule has 180 valence electrons. The van der Waals surface area contributed by atoms with Crippen molar-refractivity contribution in [2.24, 2.45) is 4.99 Å². The van der Waals surface area contributed by atoms with Crippen molar-refractivity contribution in [2.45, 2.75) is 13.3 Å². The first-order valence-electron chi connectivity index (χ1n) is 11.3. The van der Waals surface area contributed by atoms with E-state index in [0.717, 1.165) is 16.5 Å². The number of carbonyl (C=O) groups excluding carboxylic acids is 1. The van der Waals surface area contributed by atoms with E-state index < -0.39 is 0 Å². The number of H-pyrrole nitrogens is 1. The van der Waals surface area contributed by atoms with Crippen molar-refractivity contribution in [3.05, 3.63) is 89.1 Å². The van der Waals surface area contributed by atoms with Crippen molar-refractivity contribution >= 4 is 40.1 Å². The number of rotatable bonds is 8. The molecule has 0 bridgehead atoms. The molecule has 0 spiro atoms. The number of amides is 1. The van der Waals surface area contributed by atoms with E-state index in [1.807, 2.05) is 31.3 Å². The zero-order valence-electron chi connectivity index (χ0n) is 19.6. The van der Waals surface area contributed by atoms with Crippen molar-refractivity contribution in [1.82, 2.24) is 10.3 Å². The summed E-state index contributed by atoms with van der Waals surface area (Å²) in [4.78, 5) is 20.9. The quantitative estimate of drug-likeness (QED) is 0.219. The molecule has 3 N–H and O–H groups in total. The second-order valence-electron chi connectivity index (χ2n) is 7.72. The molecule has 0 saturated carbocycles. The van der Waals surface area contributed by atoms with Gasteiger partial charge in [0.25, 0.3) is 5.91 Å². The number of aromatic nitrogens is 1. The standard InChI is InChI=1S/C27H27ClN4O3/c1-3-35-21-11-8-18(9-12-21)26(33)32-27(31-24-16-20(28)10-13-25(24)34-2)29-15-14-19-17-30-23-7-5-4-6-22(19)23/h4-13,16-17,30H,3,14-15H2,1-2H3,(H2,29,31,32,33). The molecule has 8 heteroatoms. The van der Waals surface area contributed by atoms with E-state index in [4.69, 9.17) is 21.1 Å². The van der Waals surface area contributed by atoms with Crippen LogP contribution in [0.2, 0.25) is 5.02 Å². The van der Waals surface area contributed by atoms with E-state index in [9.17, 15) is 4.79 Å². The van der Waals surface area contributed by atoms with Crippen LogP contribution in [0.1, 0.15) is 22.8 Å². The lowest BCUT2D eigenvalue weighted by Crippen LogP contribution is -2.36. The van der Waals surface area contributed by atoms with Gasteiger partial charge in [-0.25, -0.2) is 0 Å². The molecule has 3 aromatic carbocycles. The number of fused-ring (bicyclic) bond motifs is 1. The molecule has 0 saturated heterocycles. The maximum atomic E-state index is 13.0. The Balaban J connectivity index is 1.54. The van der Waals surface area contributed by atoms with Gasteiger partial charge in [-0.3, -0.25) is 15.1 Å². The summed E-state index contributed by atoms with van der Waals surface area (Å²) in [6, 6.07) is 20.3. The molecule has 0 radical (unpaired) electrons. The van der Waals surface area contributed by atoms with Gasteiger partial charge in [-0.05, 0) is 67.4 Å². The Kier molecular flexibility index (Phi) is 7.90. The number of guanidine groups is 1.